The third-order valence-electron chi connectivity index (χ3n) is 2.71. The van der Waals surface area contributed by atoms with E-state index >= 15 is 0 Å². The number of anilines is 1. The van der Waals surface area contributed by atoms with Crippen LogP contribution in [0, 0.1) is 11.6 Å². The third-order valence-corrected chi connectivity index (χ3v) is 3.00. The molecule has 0 unspecified atom stereocenters. The molecule has 0 aliphatic carbocycles. The molecular formula is C15H14ClF2NO. The Morgan fingerprint density at radius 1 is 1.15 bits per heavy atom. The highest BCUT2D eigenvalue weighted by molar-refractivity contribution is 6.30. The van der Waals surface area contributed by atoms with Gasteiger partial charge in [0.15, 0.2) is 0 Å². The molecule has 0 heterocycles. The highest BCUT2D eigenvalue weighted by Gasteiger charge is 2.06. The van der Waals surface area contributed by atoms with E-state index in [1.807, 2.05) is 6.92 Å². The van der Waals surface area contributed by atoms with Crippen LogP contribution in [0.2, 0.25) is 5.02 Å². The quantitative estimate of drug-likeness (QED) is 0.869. The molecule has 0 radical (unpaired) electrons. The molecule has 20 heavy (non-hydrogen) atoms. The summed E-state index contributed by atoms with van der Waals surface area (Å²) in [6, 6.07) is 8.77. The van der Waals surface area contributed by atoms with Crippen LogP contribution in [0.15, 0.2) is 36.4 Å². The van der Waals surface area contributed by atoms with Gasteiger partial charge in [-0.05, 0) is 36.8 Å². The minimum Gasteiger partial charge on any atom is -0.492 e. The highest BCUT2D eigenvalue weighted by atomic mass is 35.5. The Morgan fingerprint density at radius 3 is 2.65 bits per heavy atom. The lowest BCUT2D eigenvalue weighted by Gasteiger charge is -2.12. The molecule has 0 spiro atoms. The lowest BCUT2D eigenvalue weighted by Crippen LogP contribution is -2.03. The second-order valence-electron chi connectivity index (χ2n) is 4.18. The number of hydrogen-bond donors (Lipinski definition) is 1. The van der Waals surface area contributed by atoms with Crippen LogP contribution in [0.1, 0.15) is 12.5 Å². The maximum atomic E-state index is 13.2. The van der Waals surface area contributed by atoms with Crippen molar-refractivity contribution >= 4 is 17.3 Å². The van der Waals surface area contributed by atoms with Gasteiger partial charge in [0.1, 0.15) is 17.4 Å². The van der Waals surface area contributed by atoms with Gasteiger partial charge in [-0.15, -0.1) is 0 Å². The molecule has 0 fully saturated rings. The van der Waals surface area contributed by atoms with Gasteiger partial charge in [-0.1, -0.05) is 17.7 Å². The van der Waals surface area contributed by atoms with Gasteiger partial charge in [0.2, 0.25) is 0 Å². The zero-order valence-corrected chi connectivity index (χ0v) is 11.7. The summed E-state index contributed by atoms with van der Waals surface area (Å²) in [5, 5.41) is 3.19. The van der Waals surface area contributed by atoms with Crippen molar-refractivity contribution in [1.29, 1.82) is 0 Å². The predicted molar refractivity (Wildman–Crippen MR) is 76.3 cm³/mol. The Bertz CT molecular complexity index is 604. The van der Waals surface area contributed by atoms with Gasteiger partial charge >= 0.3 is 0 Å². The molecule has 5 heteroatoms. The lowest BCUT2D eigenvalue weighted by atomic mass is 10.2. The molecule has 2 rings (SSSR count). The fourth-order valence-corrected chi connectivity index (χ4v) is 1.97. The molecule has 0 amide bonds. The number of benzene rings is 2. The van der Waals surface area contributed by atoms with Crippen molar-refractivity contribution in [1.82, 2.24) is 0 Å². The Kier molecular flexibility index (Phi) is 4.79. The molecule has 0 bridgehead atoms. The van der Waals surface area contributed by atoms with Crippen LogP contribution >= 0.6 is 11.6 Å². The summed E-state index contributed by atoms with van der Waals surface area (Å²) >= 11 is 5.72. The first-order chi connectivity index (χ1) is 9.60. The molecule has 2 aromatic carbocycles. The van der Waals surface area contributed by atoms with Gasteiger partial charge in [-0.25, -0.2) is 8.78 Å². The van der Waals surface area contributed by atoms with Crippen LogP contribution < -0.4 is 10.1 Å². The normalized spacial score (nSPS) is 10.4. The Morgan fingerprint density at radius 2 is 1.95 bits per heavy atom. The minimum atomic E-state index is -0.452. The summed E-state index contributed by atoms with van der Waals surface area (Å²) in [4.78, 5) is 0. The van der Waals surface area contributed by atoms with E-state index in [1.165, 1.54) is 18.2 Å². The third kappa shape index (κ3) is 3.61. The second kappa shape index (κ2) is 6.57. The fraction of sp³-hybridized carbons (Fsp3) is 0.200. The van der Waals surface area contributed by atoms with Crippen molar-refractivity contribution in [3.8, 4) is 5.75 Å². The average Bonchev–Trinajstić information content (AvgIpc) is 2.42. The zero-order chi connectivity index (χ0) is 14.5. The molecule has 0 aromatic heterocycles. The molecule has 1 N–H and O–H groups in total. The largest absolute Gasteiger partial charge is 0.492 e. The van der Waals surface area contributed by atoms with Crippen LogP contribution in [0.25, 0.3) is 0 Å². The number of halogens is 3. The summed E-state index contributed by atoms with van der Waals surface area (Å²) in [5.41, 5.74) is 1.50. The SMILES string of the molecule is CCOc1cc(F)ccc1NCc1ccc(F)c(Cl)c1. The van der Waals surface area contributed by atoms with Gasteiger partial charge in [-0.2, -0.15) is 0 Å². The van der Waals surface area contributed by atoms with Crippen LogP contribution in [-0.4, -0.2) is 6.61 Å². The van der Waals surface area contributed by atoms with Crippen molar-refractivity contribution < 1.29 is 13.5 Å². The molecule has 0 saturated carbocycles. The summed E-state index contributed by atoms with van der Waals surface area (Å²) < 4.78 is 31.6. The Balaban J connectivity index is 2.11. The smallest absolute Gasteiger partial charge is 0.145 e. The topological polar surface area (TPSA) is 21.3 Å². The van der Waals surface area contributed by atoms with Crippen molar-refractivity contribution in [2.45, 2.75) is 13.5 Å². The van der Waals surface area contributed by atoms with E-state index < -0.39 is 5.82 Å². The summed E-state index contributed by atoms with van der Waals surface area (Å²) in [6.45, 7) is 2.71. The van der Waals surface area contributed by atoms with Crippen molar-refractivity contribution in [2.24, 2.45) is 0 Å². The van der Waals surface area contributed by atoms with E-state index in [0.717, 1.165) is 5.56 Å². The number of hydrogen-bond acceptors (Lipinski definition) is 2. The zero-order valence-electron chi connectivity index (χ0n) is 10.9. The molecule has 0 atom stereocenters. The Hall–Kier alpha value is -1.81. The van der Waals surface area contributed by atoms with E-state index in [4.69, 9.17) is 16.3 Å². The van der Waals surface area contributed by atoms with Crippen molar-refractivity contribution in [2.75, 3.05) is 11.9 Å². The minimum absolute atomic E-state index is 0.0773. The van der Waals surface area contributed by atoms with Gasteiger partial charge < -0.3 is 10.1 Å². The summed E-state index contributed by atoms with van der Waals surface area (Å²) in [7, 11) is 0. The highest BCUT2D eigenvalue weighted by Crippen LogP contribution is 2.26. The number of ether oxygens (including phenoxy) is 1. The van der Waals surface area contributed by atoms with E-state index in [2.05, 4.69) is 5.32 Å². The first-order valence-electron chi connectivity index (χ1n) is 6.20. The second-order valence-corrected chi connectivity index (χ2v) is 4.58. The van der Waals surface area contributed by atoms with Gasteiger partial charge in [0.25, 0.3) is 0 Å². The van der Waals surface area contributed by atoms with Crippen LogP contribution in [-0.2, 0) is 6.54 Å². The average molecular weight is 298 g/mol. The van der Waals surface area contributed by atoms with Crippen LogP contribution in [0.4, 0.5) is 14.5 Å². The lowest BCUT2D eigenvalue weighted by molar-refractivity contribution is 0.340. The molecule has 0 aliphatic rings. The van der Waals surface area contributed by atoms with Crippen molar-refractivity contribution in [3.63, 3.8) is 0 Å². The number of rotatable bonds is 5. The monoisotopic (exact) mass is 297 g/mol. The van der Waals surface area contributed by atoms with Crippen molar-refractivity contribution in [3.05, 3.63) is 58.6 Å². The first kappa shape index (κ1) is 14.6. The molecule has 2 nitrogen and oxygen atoms in total. The molecule has 2 aromatic rings. The maximum absolute atomic E-state index is 13.2. The molecule has 106 valence electrons. The molecule has 0 saturated heterocycles. The first-order valence-corrected chi connectivity index (χ1v) is 6.58. The van der Waals surface area contributed by atoms with Gasteiger partial charge in [-0.3, -0.25) is 0 Å². The summed E-state index contributed by atoms with van der Waals surface area (Å²) in [5.74, 6) is -0.364. The van der Waals surface area contributed by atoms with Crippen LogP contribution in [0.5, 0.6) is 5.75 Å². The van der Waals surface area contributed by atoms with Gasteiger partial charge in [0.05, 0.1) is 17.3 Å². The Labute approximate surface area is 121 Å². The molecule has 0 aliphatic heterocycles. The number of nitrogens with one attached hydrogen (secondary N) is 1. The van der Waals surface area contributed by atoms with E-state index in [-0.39, 0.29) is 10.8 Å². The molecular weight excluding hydrogens is 284 g/mol. The fourth-order valence-electron chi connectivity index (χ4n) is 1.76. The summed E-state index contributed by atoms with van der Waals surface area (Å²) in [6.07, 6.45) is 0. The predicted octanol–water partition coefficient (Wildman–Crippen LogP) is 4.63. The van der Waals surface area contributed by atoms with Crippen LogP contribution in [0.3, 0.4) is 0 Å². The van der Waals surface area contributed by atoms with Gasteiger partial charge in [0, 0.05) is 12.6 Å². The standard InChI is InChI=1S/C15H14ClF2NO/c1-2-20-15-8-11(17)4-6-14(15)19-9-10-3-5-13(18)12(16)7-10/h3-8,19H,2,9H2,1H3. The van der Waals surface area contributed by atoms with E-state index in [1.54, 1.807) is 18.2 Å². The maximum Gasteiger partial charge on any atom is 0.145 e. The van der Waals surface area contributed by atoms with E-state index in [0.29, 0.717) is 24.6 Å². The van der Waals surface area contributed by atoms with E-state index in [9.17, 15) is 8.78 Å².